The predicted octanol–water partition coefficient (Wildman–Crippen LogP) is 2.93. The number of aromatic amines is 1. The van der Waals surface area contributed by atoms with Crippen LogP contribution < -0.4 is 0 Å². The van der Waals surface area contributed by atoms with Crippen molar-refractivity contribution in [1.82, 2.24) is 10.2 Å². The maximum atomic E-state index is 11.1. The van der Waals surface area contributed by atoms with Gasteiger partial charge in [-0.3, -0.25) is 15.2 Å². The number of aromatic nitrogens is 2. The van der Waals surface area contributed by atoms with Crippen LogP contribution in [0, 0.1) is 17.0 Å². The van der Waals surface area contributed by atoms with Gasteiger partial charge in [0.05, 0.1) is 10.3 Å². The first-order valence-electron chi connectivity index (χ1n) is 5.19. The van der Waals surface area contributed by atoms with Gasteiger partial charge in [0.1, 0.15) is 5.52 Å². The molecular weight excluding hydrogens is 218 g/mol. The number of fused-ring (bicyclic) bond motifs is 3. The molecule has 0 aliphatic carbocycles. The van der Waals surface area contributed by atoms with Crippen LogP contribution in [0.4, 0.5) is 5.69 Å². The fourth-order valence-electron chi connectivity index (χ4n) is 2.10. The summed E-state index contributed by atoms with van der Waals surface area (Å²) in [5.74, 6) is 0. The quantitative estimate of drug-likeness (QED) is 0.513. The topological polar surface area (TPSA) is 71.8 Å². The number of nitrogens with one attached hydrogen (secondary N) is 1. The lowest BCUT2D eigenvalue weighted by atomic mass is 10.0. The SMILES string of the molecule is Cc1[nH]nc2c1cc([N+](=O)[O-])c1ccccc12. The Labute approximate surface area is 96.2 Å². The van der Waals surface area contributed by atoms with Crippen molar-refractivity contribution < 1.29 is 4.92 Å². The second-order valence-electron chi connectivity index (χ2n) is 3.94. The van der Waals surface area contributed by atoms with E-state index in [2.05, 4.69) is 10.2 Å². The number of nitrogens with zero attached hydrogens (tertiary/aromatic N) is 2. The molecule has 3 rings (SSSR count). The molecule has 5 heteroatoms. The van der Waals surface area contributed by atoms with Crippen molar-refractivity contribution in [1.29, 1.82) is 0 Å². The highest BCUT2D eigenvalue weighted by atomic mass is 16.6. The van der Waals surface area contributed by atoms with Crippen molar-refractivity contribution in [2.24, 2.45) is 0 Å². The first-order valence-corrected chi connectivity index (χ1v) is 5.19. The van der Waals surface area contributed by atoms with Gasteiger partial charge in [-0.1, -0.05) is 18.2 Å². The van der Waals surface area contributed by atoms with E-state index >= 15 is 0 Å². The van der Waals surface area contributed by atoms with Crippen molar-refractivity contribution in [3.8, 4) is 0 Å². The first-order chi connectivity index (χ1) is 8.18. The molecule has 0 saturated heterocycles. The lowest BCUT2D eigenvalue weighted by molar-refractivity contribution is -0.382. The fourth-order valence-corrected chi connectivity index (χ4v) is 2.10. The molecule has 0 saturated carbocycles. The Hall–Kier alpha value is -2.43. The Kier molecular flexibility index (Phi) is 1.89. The van der Waals surface area contributed by atoms with Crippen LogP contribution in [0.25, 0.3) is 21.7 Å². The third-order valence-corrected chi connectivity index (χ3v) is 2.93. The van der Waals surface area contributed by atoms with E-state index in [1.54, 1.807) is 18.2 Å². The standard InChI is InChI=1S/C12H9N3O2/c1-7-10-6-11(15(16)17)8-4-2-3-5-9(8)12(10)14-13-7/h2-6H,1H3,(H,13,14). The number of rotatable bonds is 1. The van der Waals surface area contributed by atoms with E-state index in [4.69, 9.17) is 0 Å². The van der Waals surface area contributed by atoms with Crippen molar-refractivity contribution in [2.45, 2.75) is 6.92 Å². The highest BCUT2D eigenvalue weighted by Crippen LogP contribution is 2.33. The molecule has 0 unspecified atom stereocenters. The van der Waals surface area contributed by atoms with Gasteiger partial charge in [-0.05, 0) is 13.0 Å². The molecule has 84 valence electrons. The first kappa shape index (κ1) is 9.77. The second kappa shape index (κ2) is 3.28. The molecule has 1 heterocycles. The van der Waals surface area contributed by atoms with Crippen LogP contribution in [0.5, 0.6) is 0 Å². The predicted molar refractivity (Wildman–Crippen MR) is 65.0 cm³/mol. The Balaban J connectivity index is 2.60. The number of hydrogen-bond donors (Lipinski definition) is 1. The number of H-pyrrole nitrogens is 1. The summed E-state index contributed by atoms with van der Waals surface area (Å²) in [6.07, 6.45) is 0. The Bertz CT molecular complexity index is 746. The zero-order chi connectivity index (χ0) is 12.0. The van der Waals surface area contributed by atoms with Crippen LogP contribution in [0.2, 0.25) is 0 Å². The minimum Gasteiger partial charge on any atom is -0.282 e. The minimum absolute atomic E-state index is 0.123. The summed E-state index contributed by atoms with van der Waals surface area (Å²) in [5, 5.41) is 20.4. The lowest BCUT2D eigenvalue weighted by Gasteiger charge is -2.00. The number of non-ortho nitro benzene ring substituents is 1. The fraction of sp³-hybridized carbons (Fsp3) is 0.0833. The van der Waals surface area contributed by atoms with Crippen LogP contribution in [-0.4, -0.2) is 15.1 Å². The van der Waals surface area contributed by atoms with Gasteiger partial charge < -0.3 is 0 Å². The van der Waals surface area contributed by atoms with Gasteiger partial charge in [0.15, 0.2) is 0 Å². The highest BCUT2D eigenvalue weighted by molar-refractivity contribution is 6.10. The van der Waals surface area contributed by atoms with E-state index in [9.17, 15) is 10.1 Å². The Morgan fingerprint density at radius 1 is 1.24 bits per heavy atom. The molecule has 1 aromatic heterocycles. The van der Waals surface area contributed by atoms with Crippen LogP contribution in [0.1, 0.15) is 5.69 Å². The van der Waals surface area contributed by atoms with Gasteiger partial charge in [-0.15, -0.1) is 0 Å². The lowest BCUT2D eigenvalue weighted by Crippen LogP contribution is -1.90. The van der Waals surface area contributed by atoms with Crippen molar-refractivity contribution in [3.63, 3.8) is 0 Å². The zero-order valence-electron chi connectivity index (χ0n) is 9.10. The van der Waals surface area contributed by atoms with E-state index in [1.807, 2.05) is 19.1 Å². The molecule has 0 spiro atoms. The molecule has 0 bridgehead atoms. The average molecular weight is 227 g/mol. The smallest absolute Gasteiger partial charge is 0.278 e. The van der Waals surface area contributed by atoms with Gasteiger partial charge in [-0.2, -0.15) is 5.10 Å². The van der Waals surface area contributed by atoms with E-state index in [-0.39, 0.29) is 10.6 Å². The summed E-state index contributed by atoms with van der Waals surface area (Å²) in [6.45, 7) is 1.85. The summed E-state index contributed by atoms with van der Waals surface area (Å²) in [6, 6.07) is 8.83. The number of nitro benzene ring substituents is 1. The third-order valence-electron chi connectivity index (χ3n) is 2.93. The molecular formula is C12H9N3O2. The summed E-state index contributed by atoms with van der Waals surface area (Å²) in [4.78, 5) is 10.7. The van der Waals surface area contributed by atoms with E-state index in [0.717, 1.165) is 22.0 Å². The minimum atomic E-state index is -0.353. The van der Waals surface area contributed by atoms with Crippen molar-refractivity contribution in [3.05, 3.63) is 46.1 Å². The molecule has 2 aromatic carbocycles. The van der Waals surface area contributed by atoms with Gasteiger partial charge in [0.2, 0.25) is 0 Å². The molecule has 0 radical (unpaired) electrons. The normalized spacial score (nSPS) is 11.1. The van der Waals surface area contributed by atoms with Crippen molar-refractivity contribution >= 4 is 27.4 Å². The molecule has 5 nitrogen and oxygen atoms in total. The number of hydrogen-bond acceptors (Lipinski definition) is 3. The summed E-state index contributed by atoms with van der Waals surface area (Å²) in [5.41, 5.74) is 1.75. The largest absolute Gasteiger partial charge is 0.282 e. The van der Waals surface area contributed by atoms with Crippen LogP contribution in [0.3, 0.4) is 0 Å². The molecule has 3 aromatic rings. The van der Waals surface area contributed by atoms with E-state index in [1.165, 1.54) is 0 Å². The molecule has 0 amide bonds. The maximum absolute atomic E-state index is 11.1. The summed E-state index contributed by atoms with van der Waals surface area (Å²) < 4.78 is 0. The monoisotopic (exact) mass is 227 g/mol. The summed E-state index contributed by atoms with van der Waals surface area (Å²) in [7, 11) is 0. The molecule has 0 fully saturated rings. The second-order valence-corrected chi connectivity index (χ2v) is 3.94. The van der Waals surface area contributed by atoms with Crippen LogP contribution in [0.15, 0.2) is 30.3 Å². The Morgan fingerprint density at radius 3 is 2.65 bits per heavy atom. The van der Waals surface area contributed by atoms with E-state index < -0.39 is 0 Å². The highest BCUT2D eigenvalue weighted by Gasteiger charge is 2.17. The molecule has 0 atom stereocenters. The molecule has 0 aliphatic heterocycles. The number of aryl methyl sites for hydroxylation is 1. The van der Waals surface area contributed by atoms with Crippen LogP contribution in [-0.2, 0) is 0 Å². The summed E-state index contributed by atoms with van der Waals surface area (Å²) >= 11 is 0. The number of nitro groups is 1. The molecule has 0 aliphatic rings. The third kappa shape index (κ3) is 1.29. The maximum Gasteiger partial charge on any atom is 0.278 e. The van der Waals surface area contributed by atoms with E-state index in [0.29, 0.717) is 5.39 Å². The van der Waals surface area contributed by atoms with Gasteiger partial charge in [0, 0.05) is 22.5 Å². The van der Waals surface area contributed by atoms with Gasteiger partial charge >= 0.3 is 0 Å². The zero-order valence-corrected chi connectivity index (χ0v) is 9.10. The number of benzene rings is 2. The van der Waals surface area contributed by atoms with Crippen LogP contribution >= 0.6 is 0 Å². The molecule has 1 N–H and O–H groups in total. The Morgan fingerprint density at radius 2 is 1.94 bits per heavy atom. The average Bonchev–Trinajstić information content (AvgIpc) is 2.70. The van der Waals surface area contributed by atoms with Gasteiger partial charge in [0.25, 0.3) is 5.69 Å². The van der Waals surface area contributed by atoms with Crippen molar-refractivity contribution in [2.75, 3.05) is 0 Å². The van der Waals surface area contributed by atoms with Gasteiger partial charge in [-0.25, -0.2) is 0 Å². The molecule has 17 heavy (non-hydrogen) atoms.